The van der Waals surface area contributed by atoms with E-state index >= 15 is 0 Å². The van der Waals surface area contributed by atoms with Crippen LogP contribution < -0.4 is 10.2 Å². The van der Waals surface area contributed by atoms with E-state index < -0.39 is 12.2 Å². The molecule has 1 aliphatic rings. The van der Waals surface area contributed by atoms with E-state index in [9.17, 15) is 10.2 Å². The fraction of sp³-hybridized carbons (Fsp3) is 0.750. The molecule has 0 aliphatic carbocycles. The van der Waals surface area contributed by atoms with Gasteiger partial charge in [0.25, 0.3) is 0 Å². The molecular formula is C12H21N3O3S. The predicted octanol–water partition coefficient (Wildman–Crippen LogP) is -0.0165. The Hall–Kier alpha value is -0.730. The summed E-state index contributed by atoms with van der Waals surface area (Å²) in [4.78, 5) is 6.56. The zero-order valence-corrected chi connectivity index (χ0v) is 11.9. The Bertz CT molecular complexity index is 382. The van der Waals surface area contributed by atoms with Crippen LogP contribution in [0.5, 0.6) is 0 Å². The first-order valence-electron chi connectivity index (χ1n) is 6.51. The Labute approximate surface area is 117 Å². The van der Waals surface area contributed by atoms with Crippen LogP contribution >= 0.6 is 11.3 Å². The van der Waals surface area contributed by atoms with Gasteiger partial charge in [-0.25, -0.2) is 4.98 Å². The Morgan fingerprint density at radius 3 is 2.89 bits per heavy atom. The molecule has 0 saturated carbocycles. The predicted molar refractivity (Wildman–Crippen MR) is 74.7 cm³/mol. The van der Waals surface area contributed by atoms with Crippen molar-refractivity contribution in [3.63, 3.8) is 0 Å². The molecule has 1 aromatic heterocycles. The van der Waals surface area contributed by atoms with E-state index in [1.54, 1.807) is 0 Å². The molecule has 6 nitrogen and oxygen atoms in total. The van der Waals surface area contributed by atoms with Crippen molar-refractivity contribution in [1.29, 1.82) is 0 Å². The topological polar surface area (TPSA) is 77.8 Å². The van der Waals surface area contributed by atoms with Crippen LogP contribution in [0.15, 0.2) is 5.38 Å². The van der Waals surface area contributed by atoms with Gasteiger partial charge < -0.3 is 25.2 Å². The fourth-order valence-corrected chi connectivity index (χ4v) is 2.87. The smallest absolute Gasteiger partial charge is 0.185 e. The molecule has 19 heavy (non-hydrogen) atoms. The normalized spacial score (nSPS) is 19.4. The monoisotopic (exact) mass is 287 g/mol. The molecule has 3 N–H and O–H groups in total. The first-order valence-corrected chi connectivity index (χ1v) is 7.39. The number of morpholine rings is 1. The minimum absolute atomic E-state index is 0.502. The molecule has 1 fully saturated rings. The van der Waals surface area contributed by atoms with E-state index in [-0.39, 0.29) is 0 Å². The number of hydrogen-bond acceptors (Lipinski definition) is 7. The SMILES string of the molecule is CNCCC(O)C(O)c1csc(N2CCOCC2)n1. The third kappa shape index (κ3) is 3.87. The van der Waals surface area contributed by atoms with Gasteiger partial charge in [0.15, 0.2) is 5.13 Å². The number of ether oxygens (including phenoxy) is 1. The van der Waals surface area contributed by atoms with Crippen LogP contribution in [0.25, 0.3) is 0 Å². The van der Waals surface area contributed by atoms with Crippen molar-refractivity contribution in [2.45, 2.75) is 18.6 Å². The molecule has 1 aromatic rings. The lowest BCUT2D eigenvalue weighted by Crippen LogP contribution is -2.36. The summed E-state index contributed by atoms with van der Waals surface area (Å²) in [6.07, 6.45) is -1.20. The van der Waals surface area contributed by atoms with E-state index in [1.807, 2.05) is 12.4 Å². The number of thiazole rings is 1. The number of aliphatic hydroxyl groups is 2. The van der Waals surface area contributed by atoms with E-state index in [2.05, 4.69) is 15.2 Å². The van der Waals surface area contributed by atoms with Gasteiger partial charge in [-0.1, -0.05) is 0 Å². The maximum absolute atomic E-state index is 10.1. The van der Waals surface area contributed by atoms with Crippen molar-refractivity contribution in [3.05, 3.63) is 11.1 Å². The lowest BCUT2D eigenvalue weighted by Gasteiger charge is -2.26. The van der Waals surface area contributed by atoms with E-state index in [4.69, 9.17) is 4.74 Å². The molecule has 2 unspecified atom stereocenters. The highest BCUT2D eigenvalue weighted by molar-refractivity contribution is 7.13. The molecule has 0 aromatic carbocycles. The van der Waals surface area contributed by atoms with Crippen molar-refractivity contribution >= 4 is 16.5 Å². The molecule has 2 rings (SSSR count). The largest absolute Gasteiger partial charge is 0.390 e. The number of rotatable bonds is 6. The Morgan fingerprint density at radius 1 is 1.47 bits per heavy atom. The van der Waals surface area contributed by atoms with Gasteiger partial charge in [-0.2, -0.15) is 0 Å². The molecule has 0 amide bonds. The van der Waals surface area contributed by atoms with Gasteiger partial charge in [-0.05, 0) is 20.0 Å². The first kappa shape index (κ1) is 14.7. The summed E-state index contributed by atoms with van der Waals surface area (Å²) >= 11 is 1.50. The molecule has 0 spiro atoms. The second-order valence-corrected chi connectivity index (χ2v) is 5.40. The molecule has 0 radical (unpaired) electrons. The molecule has 2 heterocycles. The summed E-state index contributed by atoms with van der Waals surface area (Å²) < 4.78 is 5.30. The fourth-order valence-electron chi connectivity index (χ4n) is 1.96. The highest BCUT2D eigenvalue weighted by Gasteiger charge is 2.22. The number of aromatic nitrogens is 1. The highest BCUT2D eigenvalue weighted by Crippen LogP contribution is 2.26. The van der Waals surface area contributed by atoms with Gasteiger partial charge in [-0.3, -0.25) is 0 Å². The van der Waals surface area contributed by atoms with Crippen LogP contribution in [0.3, 0.4) is 0 Å². The van der Waals surface area contributed by atoms with Crippen molar-refractivity contribution in [3.8, 4) is 0 Å². The van der Waals surface area contributed by atoms with Gasteiger partial charge in [0.05, 0.1) is 25.0 Å². The molecule has 7 heteroatoms. The minimum atomic E-state index is -0.917. The van der Waals surface area contributed by atoms with Crippen LogP contribution in [0.2, 0.25) is 0 Å². The zero-order chi connectivity index (χ0) is 13.7. The Balaban J connectivity index is 1.95. The summed E-state index contributed by atoms with van der Waals surface area (Å²) in [5, 5.41) is 25.6. The van der Waals surface area contributed by atoms with Crippen molar-refractivity contribution < 1.29 is 14.9 Å². The molecule has 108 valence electrons. The third-order valence-corrected chi connectivity index (χ3v) is 4.07. The third-order valence-electron chi connectivity index (χ3n) is 3.15. The van der Waals surface area contributed by atoms with Crippen molar-refractivity contribution in [2.75, 3.05) is 44.8 Å². The van der Waals surface area contributed by atoms with Crippen molar-refractivity contribution in [1.82, 2.24) is 10.3 Å². The maximum Gasteiger partial charge on any atom is 0.185 e. The van der Waals surface area contributed by atoms with Gasteiger partial charge in [0.1, 0.15) is 6.10 Å². The lowest BCUT2D eigenvalue weighted by atomic mass is 10.1. The quantitative estimate of drug-likeness (QED) is 0.683. The van der Waals surface area contributed by atoms with E-state index in [1.165, 1.54) is 11.3 Å². The number of anilines is 1. The summed E-state index contributed by atoms with van der Waals surface area (Å²) in [5.41, 5.74) is 0.551. The number of aliphatic hydroxyl groups excluding tert-OH is 2. The molecular weight excluding hydrogens is 266 g/mol. The first-order chi connectivity index (χ1) is 9.22. The van der Waals surface area contributed by atoms with Crippen LogP contribution in [0.4, 0.5) is 5.13 Å². The number of hydrogen-bond donors (Lipinski definition) is 3. The molecule has 0 bridgehead atoms. The standard InChI is InChI=1S/C12H21N3O3S/c1-13-3-2-10(16)11(17)9-8-19-12(14-9)15-4-6-18-7-5-15/h8,10-11,13,16-17H,2-7H2,1H3. The lowest BCUT2D eigenvalue weighted by molar-refractivity contribution is 0.0119. The second kappa shape index (κ2) is 7.16. The molecule has 1 aliphatic heterocycles. The van der Waals surface area contributed by atoms with Gasteiger partial charge in [0.2, 0.25) is 0 Å². The van der Waals surface area contributed by atoms with E-state index in [0.717, 1.165) is 18.2 Å². The molecule has 1 saturated heterocycles. The molecule has 2 atom stereocenters. The summed E-state index contributed by atoms with van der Waals surface area (Å²) in [6, 6.07) is 0. The van der Waals surface area contributed by atoms with Crippen LogP contribution in [0.1, 0.15) is 18.2 Å². The summed E-state index contributed by atoms with van der Waals surface area (Å²) in [7, 11) is 1.82. The minimum Gasteiger partial charge on any atom is -0.390 e. The summed E-state index contributed by atoms with van der Waals surface area (Å²) in [5.74, 6) is 0. The van der Waals surface area contributed by atoms with Gasteiger partial charge in [0, 0.05) is 18.5 Å². The Morgan fingerprint density at radius 2 is 2.21 bits per heavy atom. The van der Waals surface area contributed by atoms with Crippen LogP contribution in [-0.2, 0) is 4.74 Å². The number of nitrogens with one attached hydrogen (secondary N) is 1. The average Bonchev–Trinajstić information content (AvgIpc) is 2.94. The van der Waals surface area contributed by atoms with E-state index in [0.29, 0.717) is 31.9 Å². The maximum atomic E-state index is 10.1. The van der Waals surface area contributed by atoms with Crippen LogP contribution in [-0.4, -0.2) is 61.2 Å². The van der Waals surface area contributed by atoms with Gasteiger partial charge >= 0.3 is 0 Å². The number of nitrogens with zero attached hydrogens (tertiary/aromatic N) is 2. The Kier molecular flexibility index (Phi) is 5.53. The summed E-state index contributed by atoms with van der Waals surface area (Å²) in [6.45, 7) is 3.74. The average molecular weight is 287 g/mol. The van der Waals surface area contributed by atoms with Crippen LogP contribution in [0, 0.1) is 0 Å². The van der Waals surface area contributed by atoms with Crippen molar-refractivity contribution in [2.24, 2.45) is 0 Å². The zero-order valence-electron chi connectivity index (χ0n) is 11.1. The second-order valence-electron chi connectivity index (χ2n) is 4.56. The van der Waals surface area contributed by atoms with Gasteiger partial charge in [-0.15, -0.1) is 11.3 Å². The highest BCUT2D eigenvalue weighted by atomic mass is 32.1.